The highest BCUT2D eigenvalue weighted by Crippen LogP contribution is 2.34. The molecule has 4 nitrogen and oxygen atoms in total. The molecule has 0 radical (unpaired) electrons. The number of para-hydroxylation sites is 1. The van der Waals surface area contributed by atoms with Crippen LogP contribution < -0.4 is 0 Å². The molecule has 1 fully saturated rings. The van der Waals surface area contributed by atoms with Crippen LogP contribution in [0.25, 0.3) is 21.5 Å². The van der Waals surface area contributed by atoms with Gasteiger partial charge in [0.25, 0.3) is 5.91 Å². The molecule has 1 aliphatic rings. The molecule has 5 rings (SSSR count). The molecule has 1 atom stereocenters. The number of thiazole rings is 1. The van der Waals surface area contributed by atoms with Crippen molar-refractivity contribution in [1.82, 2.24) is 9.88 Å². The summed E-state index contributed by atoms with van der Waals surface area (Å²) >= 11 is 1.70. The van der Waals surface area contributed by atoms with E-state index in [4.69, 9.17) is 9.40 Å². The maximum Gasteiger partial charge on any atom is 0.289 e. The SMILES string of the molecule is O=C(c1ccc(-c2ccccc2F)o1)N1CCC[C@H](c2nc3ccccc3s2)C1. The van der Waals surface area contributed by atoms with Crippen LogP contribution in [0, 0.1) is 5.82 Å². The highest BCUT2D eigenvalue weighted by atomic mass is 32.1. The van der Waals surface area contributed by atoms with Crippen molar-refractivity contribution < 1.29 is 13.6 Å². The summed E-state index contributed by atoms with van der Waals surface area (Å²) in [7, 11) is 0. The summed E-state index contributed by atoms with van der Waals surface area (Å²) in [4.78, 5) is 19.6. The fourth-order valence-corrected chi connectivity index (χ4v) is 4.94. The van der Waals surface area contributed by atoms with Crippen molar-refractivity contribution in [2.75, 3.05) is 13.1 Å². The van der Waals surface area contributed by atoms with E-state index in [-0.39, 0.29) is 23.4 Å². The number of fused-ring (bicyclic) bond motifs is 1. The summed E-state index contributed by atoms with van der Waals surface area (Å²) in [5.74, 6) is 0.318. The number of hydrogen-bond donors (Lipinski definition) is 0. The third-order valence-electron chi connectivity index (χ3n) is 5.32. The van der Waals surface area contributed by atoms with E-state index in [2.05, 4.69) is 6.07 Å². The molecule has 0 N–H and O–H groups in total. The Morgan fingerprint density at radius 2 is 1.93 bits per heavy atom. The molecule has 0 aliphatic carbocycles. The summed E-state index contributed by atoms with van der Waals surface area (Å²) in [6.07, 6.45) is 1.94. The molecule has 0 bridgehead atoms. The van der Waals surface area contributed by atoms with Gasteiger partial charge in [-0.2, -0.15) is 0 Å². The van der Waals surface area contributed by atoms with Gasteiger partial charge < -0.3 is 9.32 Å². The van der Waals surface area contributed by atoms with Gasteiger partial charge in [0.15, 0.2) is 5.76 Å². The molecule has 6 heteroatoms. The second-order valence-electron chi connectivity index (χ2n) is 7.25. The average molecular weight is 406 g/mol. The lowest BCUT2D eigenvalue weighted by molar-refractivity contribution is 0.0676. The highest BCUT2D eigenvalue weighted by molar-refractivity contribution is 7.18. The van der Waals surface area contributed by atoms with Gasteiger partial charge in [-0.3, -0.25) is 4.79 Å². The Balaban J connectivity index is 1.35. The third kappa shape index (κ3) is 3.44. The van der Waals surface area contributed by atoms with Crippen LogP contribution in [0.2, 0.25) is 0 Å². The van der Waals surface area contributed by atoms with Crippen LogP contribution in [0.5, 0.6) is 0 Å². The number of likely N-dealkylation sites (tertiary alicyclic amines) is 1. The molecule has 1 aliphatic heterocycles. The molecular weight excluding hydrogens is 387 g/mol. The number of halogens is 1. The van der Waals surface area contributed by atoms with Gasteiger partial charge in [0.05, 0.1) is 20.8 Å². The first-order valence-electron chi connectivity index (χ1n) is 9.68. The Bertz CT molecular complexity index is 1150. The first kappa shape index (κ1) is 18.1. The van der Waals surface area contributed by atoms with Crippen LogP contribution in [0.15, 0.2) is 65.1 Å². The predicted molar refractivity (Wildman–Crippen MR) is 112 cm³/mol. The number of rotatable bonds is 3. The number of benzene rings is 2. The summed E-state index contributed by atoms with van der Waals surface area (Å²) in [5, 5.41) is 1.08. The van der Waals surface area contributed by atoms with Gasteiger partial charge in [0, 0.05) is 19.0 Å². The van der Waals surface area contributed by atoms with Gasteiger partial charge in [0.2, 0.25) is 0 Å². The van der Waals surface area contributed by atoms with Crippen LogP contribution in [-0.2, 0) is 0 Å². The third-order valence-corrected chi connectivity index (χ3v) is 6.52. The van der Waals surface area contributed by atoms with Crippen molar-refractivity contribution in [3.8, 4) is 11.3 Å². The molecule has 1 saturated heterocycles. The lowest BCUT2D eigenvalue weighted by Gasteiger charge is -2.31. The number of hydrogen-bond acceptors (Lipinski definition) is 4. The Kier molecular flexibility index (Phi) is 4.64. The van der Waals surface area contributed by atoms with Crippen LogP contribution in [-0.4, -0.2) is 28.9 Å². The number of carbonyl (C=O) groups excluding carboxylic acids is 1. The Hall–Kier alpha value is -2.99. The first-order valence-corrected chi connectivity index (χ1v) is 10.5. The van der Waals surface area contributed by atoms with Gasteiger partial charge >= 0.3 is 0 Å². The number of amides is 1. The highest BCUT2D eigenvalue weighted by Gasteiger charge is 2.29. The molecule has 2 aromatic carbocycles. The zero-order valence-electron chi connectivity index (χ0n) is 15.7. The number of furan rings is 1. The first-order chi connectivity index (χ1) is 14.2. The summed E-state index contributed by atoms with van der Waals surface area (Å²) < 4.78 is 20.9. The van der Waals surface area contributed by atoms with Crippen molar-refractivity contribution >= 4 is 27.5 Å². The molecule has 0 spiro atoms. The molecule has 0 unspecified atom stereocenters. The van der Waals surface area contributed by atoms with Crippen LogP contribution in [0.4, 0.5) is 4.39 Å². The van der Waals surface area contributed by atoms with Crippen LogP contribution >= 0.6 is 11.3 Å². The van der Waals surface area contributed by atoms with Crippen molar-refractivity contribution in [2.45, 2.75) is 18.8 Å². The molecule has 1 amide bonds. The van der Waals surface area contributed by atoms with Crippen molar-refractivity contribution in [3.05, 3.63) is 77.2 Å². The van der Waals surface area contributed by atoms with E-state index in [9.17, 15) is 9.18 Å². The standard InChI is InChI=1S/C23H19FN2O2S/c24-17-8-2-1-7-16(17)19-11-12-20(28-19)23(27)26-13-5-6-15(14-26)22-25-18-9-3-4-10-21(18)29-22/h1-4,7-12,15H,5-6,13-14H2/t15-/m0/s1. The van der Waals surface area contributed by atoms with Gasteiger partial charge in [-0.25, -0.2) is 9.37 Å². The van der Waals surface area contributed by atoms with E-state index >= 15 is 0 Å². The molecule has 2 aromatic heterocycles. The second-order valence-corrected chi connectivity index (χ2v) is 8.32. The lowest BCUT2D eigenvalue weighted by Crippen LogP contribution is -2.38. The molecule has 0 saturated carbocycles. The smallest absolute Gasteiger partial charge is 0.289 e. The number of aromatic nitrogens is 1. The number of nitrogens with zero attached hydrogens (tertiary/aromatic N) is 2. The number of carbonyl (C=O) groups is 1. The van der Waals surface area contributed by atoms with Gasteiger partial charge in [0.1, 0.15) is 11.6 Å². The Morgan fingerprint density at radius 1 is 1.10 bits per heavy atom. The minimum atomic E-state index is -0.366. The molecular formula is C23H19FN2O2S. The number of piperidine rings is 1. The maximum absolute atomic E-state index is 14.0. The average Bonchev–Trinajstić information content (AvgIpc) is 3.41. The zero-order valence-corrected chi connectivity index (χ0v) is 16.5. The monoisotopic (exact) mass is 406 g/mol. The normalized spacial score (nSPS) is 17.0. The van der Waals surface area contributed by atoms with E-state index < -0.39 is 0 Å². The fraction of sp³-hybridized carbons (Fsp3) is 0.217. The van der Waals surface area contributed by atoms with E-state index in [1.54, 1.807) is 41.7 Å². The predicted octanol–water partition coefficient (Wildman–Crippen LogP) is 5.72. The molecule has 29 heavy (non-hydrogen) atoms. The maximum atomic E-state index is 14.0. The van der Waals surface area contributed by atoms with Gasteiger partial charge in [-0.05, 0) is 49.2 Å². The van der Waals surface area contributed by atoms with Crippen molar-refractivity contribution in [1.29, 1.82) is 0 Å². The lowest BCUT2D eigenvalue weighted by atomic mass is 9.98. The minimum Gasteiger partial charge on any atom is -0.451 e. The van der Waals surface area contributed by atoms with Crippen LogP contribution in [0.1, 0.15) is 34.3 Å². The van der Waals surface area contributed by atoms with Crippen LogP contribution in [0.3, 0.4) is 0 Å². The Morgan fingerprint density at radius 3 is 2.79 bits per heavy atom. The Labute approximate surface area is 171 Å². The van der Waals surface area contributed by atoms with Crippen molar-refractivity contribution in [3.63, 3.8) is 0 Å². The minimum absolute atomic E-state index is 0.154. The molecule has 3 heterocycles. The quantitative estimate of drug-likeness (QED) is 0.437. The molecule has 4 aromatic rings. The molecule has 146 valence electrons. The largest absolute Gasteiger partial charge is 0.451 e. The van der Waals surface area contributed by atoms with Gasteiger partial charge in [-0.15, -0.1) is 11.3 Å². The van der Waals surface area contributed by atoms with E-state index in [0.29, 0.717) is 24.4 Å². The van der Waals surface area contributed by atoms with E-state index in [1.807, 2.05) is 23.1 Å². The summed E-state index contributed by atoms with van der Waals surface area (Å²) in [6.45, 7) is 1.31. The van der Waals surface area contributed by atoms with Gasteiger partial charge in [-0.1, -0.05) is 24.3 Å². The summed E-state index contributed by atoms with van der Waals surface area (Å²) in [5.41, 5.74) is 1.37. The fourth-order valence-electron chi connectivity index (χ4n) is 3.84. The summed E-state index contributed by atoms with van der Waals surface area (Å²) in [6, 6.07) is 17.8. The second kappa shape index (κ2) is 7.44. The topological polar surface area (TPSA) is 46.3 Å². The van der Waals surface area contributed by atoms with E-state index in [1.165, 1.54) is 10.8 Å². The van der Waals surface area contributed by atoms with E-state index in [0.717, 1.165) is 23.4 Å². The zero-order chi connectivity index (χ0) is 19.8. The van der Waals surface area contributed by atoms with Crippen molar-refractivity contribution in [2.24, 2.45) is 0 Å².